The van der Waals surface area contributed by atoms with Crippen LogP contribution in [0.25, 0.3) is 0 Å². The van der Waals surface area contributed by atoms with Gasteiger partial charge in [0.05, 0.1) is 32.8 Å². The first-order valence-corrected chi connectivity index (χ1v) is 12.8. The number of aromatic hydroxyl groups is 1. The van der Waals surface area contributed by atoms with Crippen LogP contribution in [0, 0.1) is 0 Å². The predicted octanol–water partition coefficient (Wildman–Crippen LogP) is 3.40. The van der Waals surface area contributed by atoms with Crippen molar-refractivity contribution in [3.63, 3.8) is 0 Å². The second kappa shape index (κ2) is 14.4. The highest BCUT2D eigenvalue weighted by Crippen LogP contribution is 2.28. The van der Waals surface area contributed by atoms with Gasteiger partial charge in [0.25, 0.3) is 0 Å². The van der Waals surface area contributed by atoms with Crippen molar-refractivity contribution >= 4 is 5.91 Å². The van der Waals surface area contributed by atoms with Crippen LogP contribution in [0.3, 0.4) is 0 Å². The number of carbonyl (C=O) groups excluding carboxylic acids is 1. The third kappa shape index (κ3) is 8.48. The third-order valence-corrected chi connectivity index (χ3v) is 6.23. The number of aliphatic hydroxyl groups excluding tert-OH is 2. The maximum atomic E-state index is 12.6. The van der Waals surface area contributed by atoms with Gasteiger partial charge in [-0.15, -0.1) is 0 Å². The van der Waals surface area contributed by atoms with E-state index in [9.17, 15) is 20.1 Å². The molecule has 38 heavy (non-hydrogen) atoms. The van der Waals surface area contributed by atoms with Gasteiger partial charge in [0, 0.05) is 24.7 Å². The van der Waals surface area contributed by atoms with Crippen molar-refractivity contribution in [2.24, 2.45) is 0 Å². The quantitative estimate of drug-likeness (QED) is 0.220. The predicted molar refractivity (Wildman–Crippen MR) is 146 cm³/mol. The molecule has 0 saturated carbocycles. The molecule has 0 unspecified atom stereocenters. The molecule has 0 heterocycles. The van der Waals surface area contributed by atoms with Crippen LogP contribution in [0.15, 0.2) is 60.7 Å². The Morgan fingerprint density at radius 1 is 1.00 bits per heavy atom. The number of ether oxygens (including phenoxy) is 2. The maximum absolute atomic E-state index is 12.6. The van der Waals surface area contributed by atoms with Crippen molar-refractivity contribution in [3.8, 4) is 17.2 Å². The molecule has 0 aliphatic carbocycles. The lowest BCUT2D eigenvalue weighted by Crippen LogP contribution is -2.32. The van der Waals surface area contributed by atoms with Gasteiger partial charge in [-0.05, 0) is 66.8 Å². The minimum absolute atomic E-state index is 0.00906. The second-order valence-corrected chi connectivity index (χ2v) is 9.27. The topological polar surface area (TPSA) is 120 Å². The number of nitrogens with one attached hydrogen (secondary N) is 2. The molecule has 8 heteroatoms. The van der Waals surface area contributed by atoms with Crippen LogP contribution >= 0.6 is 0 Å². The van der Waals surface area contributed by atoms with Gasteiger partial charge in [-0.25, -0.2) is 0 Å². The fourth-order valence-electron chi connectivity index (χ4n) is 4.21. The molecular formula is C30H38N2O6. The van der Waals surface area contributed by atoms with E-state index < -0.39 is 6.10 Å². The Morgan fingerprint density at radius 3 is 2.53 bits per heavy atom. The standard InChI is InChI=1S/C30H38N2O6/c1-4-38-29-14-23(8-11-28(29)37-3)17-32-30(36)15-22-7-5-6-21(13-22)12-20(2)31-18-27(35)24-9-10-26(34)25(16-24)19-33/h5-11,13-14,16,20,27,31,33-35H,4,12,15,17-19H2,1-3H3,(H,32,36)/t20-,27+/m1/s1. The van der Waals surface area contributed by atoms with Crippen molar-refractivity contribution in [1.29, 1.82) is 0 Å². The van der Waals surface area contributed by atoms with Crippen LogP contribution in [0.1, 0.15) is 47.8 Å². The molecule has 5 N–H and O–H groups in total. The lowest BCUT2D eigenvalue weighted by Gasteiger charge is -2.18. The summed E-state index contributed by atoms with van der Waals surface area (Å²) in [6.45, 7) is 4.91. The molecule has 0 bridgehead atoms. The zero-order valence-corrected chi connectivity index (χ0v) is 22.2. The number of methoxy groups -OCH3 is 1. The van der Waals surface area contributed by atoms with Crippen LogP contribution in [0.5, 0.6) is 17.2 Å². The fraction of sp³-hybridized carbons (Fsp3) is 0.367. The largest absolute Gasteiger partial charge is 0.508 e. The van der Waals surface area contributed by atoms with E-state index in [1.165, 1.54) is 6.07 Å². The Labute approximate surface area is 224 Å². The number of rotatable bonds is 14. The first-order chi connectivity index (χ1) is 18.3. The van der Waals surface area contributed by atoms with E-state index in [1.807, 2.05) is 56.3 Å². The summed E-state index contributed by atoms with van der Waals surface area (Å²) in [6, 6.07) is 18.4. The van der Waals surface area contributed by atoms with Gasteiger partial charge in [-0.2, -0.15) is 0 Å². The van der Waals surface area contributed by atoms with Crippen LogP contribution in [-0.2, 0) is 30.8 Å². The summed E-state index contributed by atoms with van der Waals surface area (Å²) in [7, 11) is 1.60. The minimum Gasteiger partial charge on any atom is -0.508 e. The Hall–Kier alpha value is -3.59. The Balaban J connectivity index is 1.49. The second-order valence-electron chi connectivity index (χ2n) is 9.27. The van der Waals surface area contributed by atoms with E-state index >= 15 is 0 Å². The van der Waals surface area contributed by atoms with Crippen LogP contribution in [0.2, 0.25) is 0 Å². The molecule has 2 atom stereocenters. The third-order valence-electron chi connectivity index (χ3n) is 6.23. The molecule has 0 fully saturated rings. The highest BCUT2D eigenvalue weighted by atomic mass is 16.5. The van der Waals surface area contributed by atoms with E-state index in [-0.39, 0.29) is 30.7 Å². The number of hydrogen-bond donors (Lipinski definition) is 5. The van der Waals surface area contributed by atoms with Crippen molar-refractivity contribution in [1.82, 2.24) is 10.6 Å². The Bertz CT molecular complexity index is 1200. The summed E-state index contributed by atoms with van der Waals surface area (Å²) in [6.07, 6.45) is 0.233. The molecule has 0 aliphatic heterocycles. The summed E-state index contributed by atoms with van der Waals surface area (Å²) < 4.78 is 10.9. The summed E-state index contributed by atoms with van der Waals surface area (Å²) in [5.74, 6) is 1.26. The van der Waals surface area contributed by atoms with E-state index in [0.717, 1.165) is 23.1 Å². The molecule has 3 aromatic carbocycles. The average Bonchev–Trinajstić information content (AvgIpc) is 2.91. The van der Waals surface area contributed by atoms with Gasteiger partial charge in [0.1, 0.15) is 5.75 Å². The summed E-state index contributed by atoms with van der Waals surface area (Å²) in [5.41, 5.74) is 3.96. The van der Waals surface area contributed by atoms with E-state index in [2.05, 4.69) is 10.6 Å². The van der Waals surface area contributed by atoms with Crippen molar-refractivity contribution in [2.45, 2.75) is 52.0 Å². The molecule has 0 saturated heterocycles. The molecule has 0 spiro atoms. The molecule has 0 aliphatic rings. The normalized spacial score (nSPS) is 12.6. The van der Waals surface area contributed by atoms with Crippen LogP contribution in [-0.4, -0.2) is 47.5 Å². The van der Waals surface area contributed by atoms with Crippen LogP contribution < -0.4 is 20.1 Å². The lowest BCUT2D eigenvalue weighted by atomic mass is 10.0. The molecule has 3 aromatic rings. The first kappa shape index (κ1) is 29.0. The number of aliphatic hydroxyl groups is 2. The minimum atomic E-state index is -0.770. The highest BCUT2D eigenvalue weighted by molar-refractivity contribution is 5.78. The van der Waals surface area contributed by atoms with Gasteiger partial charge in [0.15, 0.2) is 11.5 Å². The van der Waals surface area contributed by atoms with E-state index in [1.54, 1.807) is 19.2 Å². The number of phenols is 1. The molecular weight excluding hydrogens is 484 g/mol. The average molecular weight is 523 g/mol. The van der Waals surface area contributed by atoms with Gasteiger partial charge >= 0.3 is 0 Å². The summed E-state index contributed by atoms with van der Waals surface area (Å²) in [4.78, 5) is 12.6. The number of hydrogen-bond acceptors (Lipinski definition) is 7. The molecule has 3 rings (SSSR count). The van der Waals surface area contributed by atoms with Crippen molar-refractivity contribution < 1.29 is 29.6 Å². The zero-order chi connectivity index (χ0) is 27.5. The van der Waals surface area contributed by atoms with Gasteiger partial charge in [-0.3, -0.25) is 4.79 Å². The number of amides is 1. The van der Waals surface area contributed by atoms with Crippen molar-refractivity contribution in [3.05, 3.63) is 88.5 Å². The molecule has 204 valence electrons. The number of benzene rings is 3. The fourth-order valence-corrected chi connectivity index (χ4v) is 4.21. The van der Waals surface area contributed by atoms with E-state index in [4.69, 9.17) is 9.47 Å². The smallest absolute Gasteiger partial charge is 0.224 e. The molecule has 8 nitrogen and oxygen atoms in total. The molecule has 0 aromatic heterocycles. The monoisotopic (exact) mass is 522 g/mol. The molecule has 1 amide bonds. The number of carbonyl (C=O) groups is 1. The Kier molecular flexibility index (Phi) is 11.0. The maximum Gasteiger partial charge on any atom is 0.224 e. The van der Waals surface area contributed by atoms with E-state index in [0.29, 0.717) is 42.3 Å². The SMILES string of the molecule is CCOc1cc(CNC(=O)Cc2cccc(C[C@@H](C)NC[C@H](O)c3ccc(O)c(CO)c3)c2)ccc1OC. The highest BCUT2D eigenvalue weighted by Gasteiger charge is 2.13. The molecule has 0 radical (unpaired) electrons. The summed E-state index contributed by atoms with van der Waals surface area (Å²) >= 11 is 0. The van der Waals surface area contributed by atoms with Crippen LogP contribution in [0.4, 0.5) is 0 Å². The summed E-state index contributed by atoms with van der Waals surface area (Å²) in [5, 5.41) is 35.8. The Morgan fingerprint density at radius 2 is 1.79 bits per heavy atom. The lowest BCUT2D eigenvalue weighted by molar-refractivity contribution is -0.120. The van der Waals surface area contributed by atoms with Gasteiger partial charge in [0.2, 0.25) is 5.91 Å². The van der Waals surface area contributed by atoms with Gasteiger partial charge in [-0.1, -0.05) is 36.4 Å². The van der Waals surface area contributed by atoms with Crippen molar-refractivity contribution in [2.75, 3.05) is 20.3 Å². The first-order valence-electron chi connectivity index (χ1n) is 12.8. The zero-order valence-electron chi connectivity index (χ0n) is 22.2. The van der Waals surface area contributed by atoms with Gasteiger partial charge < -0.3 is 35.4 Å².